The third kappa shape index (κ3) is 4.20. The van der Waals surface area contributed by atoms with Crippen molar-refractivity contribution in [3.8, 4) is 11.5 Å². The topological polar surface area (TPSA) is 40.8 Å². The van der Waals surface area contributed by atoms with Gasteiger partial charge < -0.3 is 18.6 Å². The van der Waals surface area contributed by atoms with Gasteiger partial charge in [0.15, 0.2) is 0 Å². The summed E-state index contributed by atoms with van der Waals surface area (Å²) in [5.41, 5.74) is 3.17. The molecule has 0 atom stereocenters. The molecule has 0 bridgehead atoms. The third-order valence-corrected chi connectivity index (χ3v) is 4.58. The third-order valence-electron chi connectivity index (χ3n) is 4.58. The second kappa shape index (κ2) is 8.77. The van der Waals surface area contributed by atoms with Gasteiger partial charge in [0.1, 0.15) is 22.8 Å². The average molecular weight is 354 g/mol. The lowest BCUT2D eigenvalue weighted by atomic mass is 10.1. The molecule has 0 aliphatic heterocycles. The molecular formula is C22H26O4. The zero-order chi connectivity index (χ0) is 18.4. The van der Waals surface area contributed by atoms with Crippen molar-refractivity contribution < 1.29 is 18.6 Å². The van der Waals surface area contributed by atoms with Crippen LogP contribution in [0.5, 0.6) is 11.5 Å². The summed E-state index contributed by atoms with van der Waals surface area (Å²) in [6.07, 6.45) is 2.92. The van der Waals surface area contributed by atoms with Crippen molar-refractivity contribution in [1.29, 1.82) is 0 Å². The number of fused-ring (bicyclic) bond motifs is 1. The molecule has 0 aliphatic carbocycles. The minimum atomic E-state index is 0.668. The lowest BCUT2D eigenvalue weighted by molar-refractivity contribution is 0.117. The fourth-order valence-electron chi connectivity index (χ4n) is 3.14. The van der Waals surface area contributed by atoms with Gasteiger partial charge in [0, 0.05) is 30.7 Å². The minimum Gasteiger partial charge on any atom is -0.496 e. The van der Waals surface area contributed by atoms with Crippen LogP contribution in [0.4, 0.5) is 0 Å². The molecule has 1 aromatic heterocycles. The summed E-state index contributed by atoms with van der Waals surface area (Å²) >= 11 is 0. The highest BCUT2D eigenvalue weighted by Gasteiger charge is 2.16. The Morgan fingerprint density at radius 2 is 1.77 bits per heavy atom. The fourth-order valence-corrected chi connectivity index (χ4v) is 3.14. The zero-order valence-electron chi connectivity index (χ0n) is 15.7. The lowest BCUT2D eigenvalue weighted by Crippen LogP contribution is -1.96. The molecule has 3 aromatic rings. The zero-order valence-corrected chi connectivity index (χ0v) is 15.7. The first-order valence-electron chi connectivity index (χ1n) is 8.98. The van der Waals surface area contributed by atoms with E-state index in [-0.39, 0.29) is 0 Å². The molecule has 0 unspecified atom stereocenters. The van der Waals surface area contributed by atoms with Crippen LogP contribution in [0.3, 0.4) is 0 Å². The summed E-state index contributed by atoms with van der Waals surface area (Å²) in [4.78, 5) is 0. The number of unbranched alkanes of at least 4 members (excludes halogenated alkanes) is 1. The molecule has 3 rings (SSSR count). The van der Waals surface area contributed by atoms with Gasteiger partial charge in [-0.25, -0.2) is 0 Å². The molecule has 0 fully saturated rings. The van der Waals surface area contributed by atoms with Gasteiger partial charge in [0.25, 0.3) is 0 Å². The summed E-state index contributed by atoms with van der Waals surface area (Å²) in [6.45, 7) is 3.51. The molecular weight excluding hydrogens is 328 g/mol. The molecule has 26 heavy (non-hydrogen) atoms. The monoisotopic (exact) mass is 354 g/mol. The molecule has 0 radical (unpaired) electrons. The predicted molar refractivity (Wildman–Crippen MR) is 103 cm³/mol. The van der Waals surface area contributed by atoms with Crippen LogP contribution in [-0.4, -0.2) is 20.8 Å². The van der Waals surface area contributed by atoms with Crippen LogP contribution in [0.25, 0.3) is 11.0 Å². The smallest absolute Gasteiger partial charge is 0.141 e. The maximum atomic E-state index is 6.06. The average Bonchev–Trinajstić information content (AvgIpc) is 3.00. The van der Waals surface area contributed by atoms with E-state index in [1.807, 2.05) is 30.3 Å². The van der Waals surface area contributed by atoms with E-state index in [0.717, 1.165) is 59.7 Å². The maximum Gasteiger partial charge on any atom is 0.141 e. The number of methoxy groups -OCH3 is 2. The molecule has 138 valence electrons. The van der Waals surface area contributed by atoms with Crippen LogP contribution < -0.4 is 9.47 Å². The normalized spacial score (nSPS) is 11.0. The van der Waals surface area contributed by atoms with Gasteiger partial charge in [-0.05, 0) is 25.3 Å². The lowest BCUT2D eigenvalue weighted by Gasteiger charge is -2.05. The van der Waals surface area contributed by atoms with Gasteiger partial charge in [-0.15, -0.1) is 0 Å². The molecule has 2 aromatic carbocycles. The largest absolute Gasteiger partial charge is 0.496 e. The van der Waals surface area contributed by atoms with Crippen LogP contribution in [0.15, 0.2) is 46.9 Å². The molecule has 0 spiro atoms. The summed E-state index contributed by atoms with van der Waals surface area (Å²) in [7, 11) is 3.32. The van der Waals surface area contributed by atoms with E-state index in [1.54, 1.807) is 14.2 Å². The summed E-state index contributed by atoms with van der Waals surface area (Å²) in [6, 6.07) is 14.1. The van der Waals surface area contributed by atoms with Crippen LogP contribution in [0.1, 0.15) is 29.7 Å². The fraction of sp³-hybridized carbons (Fsp3) is 0.364. The van der Waals surface area contributed by atoms with Crippen molar-refractivity contribution in [3.05, 3.63) is 59.4 Å². The van der Waals surface area contributed by atoms with Crippen molar-refractivity contribution in [2.45, 2.75) is 32.8 Å². The van der Waals surface area contributed by atoms with E-state index in [1.165, 1.54) is 5.56 Å². The number of rotatable bonds is 9. The van der Waals surface area contributed by atoms with E-state index >= 15 is 0 Å². The van der Waals surface area contributed by atoms with Gasteiger partial charge in [0.2, 0.25) is 0 Å². The van der Waals surface area contributed by atoms with Crippen LogP contribution in [0.2, 0.25) is 0 Å². The van der Waals surface area contributed by atoms with Crippen molar-refractivity contribution in [1.82, 2.24) is 0 Å². The van der Waals surface area contributed by atoms with E-state index in [4.69, 9.17) is 18.6 Å². The Morgan fingerprint density at radius 3 is 2.50 bits per heavy atom. The highest BCUT2D eigenvalue weighted by Crippen LogP contribution is 2.37. The Balaban J connectivity index is 1.55. The van der Waals surface area contributed by atoms with E-state index < -0.39 is 0 Å². The predicted octanol–water partition coefficient (Wildman–Crippen LogP) is 5.30. The highest BCUT2D eigenvalue weighted by atomic mass is 16.5. The first kappa shape index (κ1) is 18.3. The van der Waals surface area contributed by atoms with E-state index in [9.17, 15) is 0 Å². The molecule has 1 heterocycles. The molecule has 4 nitrogen and oxygen atoms in total. The molecule has 0 saturated carbocycles. The SMILES string of the molecule is COc1cc(OC)c2c(C)c(CCCCOCc3ccccc3)oc2c1. The van der Waals surface area contributed by atoms with Crippen molar-refractivity contribution in [2.24, 2.45) is 0 Å². The number of ether oxygens (including phenoxy) is 3. The molecule has 0 aliphatic rings. The number of hydrogen-bond acceptors (Lipinski definition) is 4. The van der Waals surface area contributed by atoms with Crippen LogP contribution in [0, 0.1) is 6.92 Å². The van der Waals surface area contributed by atoms with Crippen molar-refractivity contribution in [2.75, 3.05) is 20.8 Å². The Bertz CT molecular complexity index is 836. The first-order valence-corrected chi connectivity index (χ1v) is 8.98. The summed E-state index contributed by atoms with van der Waals surface area (Å²) in [5.74, 6) is 2.54. The number of hydrogen-bond donors (Lipinski definition) is 0. The molecule has 0 saturated heterocycles. The number of furan rings is 1. The first-order chi connectivity index (χ1) is 12.7. The highest BCUT2D eigenvalue weighted by molar-refractivity contribution is 5.89. The molecule has 0 N–H and O–H groups in total. The second-order valence-electron chi connectivity index (χ2n) is 6.35. The Morgan fingerprint density at radius 1 is 0.962 bits per heavy atom. The van der Waals surface area contributed by atoms with Gasteiger partial charge in [-0.2, -0.15) is 0 Å². The standard InChI is InChI=1S/C22H26O4/c1-16-19(11-7-8-12-25-15-17-9-5-4-6-10-17)26-21-14-18(23-2)13-20(24-3)22(16)21/h4-6,9-10,13-14H,7-8,11-12,15H2,1-3H3. The quantitative estimate of drug-likeness (QED) is 0.489. The van der Waals surface area contributed by atoms with Gasteiger partial charge in [-0.1, -0.05) is 30.3 Å². The Hall–Kier alpha value is -2.46. The van der Waals surface area contributed by atoms with Gasteiger partial charge in [-0.3, -0.25) is 0 Å². The Kier molecular flexibility index (Phi) is 6.18. The second-order valence-corrected chi connectivity index (χ2v) is 6.35. The summed E-state index contributed by atoms with van der Waals surface area (Å²) in [5, 5.41) is 1.03. The van der Waals surface area contributed by atoms with Crippen LogP contribution >= 0.6 is 0 Å². The van der Waals surface area contributed by atoms with Gasteiger partial charge in [0.05, 0.1) is 26.2 Å². The van der Waals surface area contributed by atoms with Crippen molar-refractivity contribution in [3.63, 3.8) is 0 Å². The van der Waals surface area contributed by atoms with Crippen molar-refractivity contribution >= 4 is 11.0 Å². The maximum absolute atomic E-state index is 6.06. The summed E-state index contributed by atoms with van der Waals surface area (Å²) < 4.78 is 22.6. The van der Waals surface area contributed by atoms with E-state index in [0.29, 0.717) is 6.61 Å². The molecule has 0 amide bonds. The number of aryl methyl sites for hydroxylation is 2. The number of benzene rings is 2. The molecule has 4 heteroatoms. The van der Waals surface area contributed by atoms with Crippen LogP contribution in [-0.2, 0) is 17.8 Å². The van der Waals surface area contributed by atoms with E-state index in [2.05, 4.69) is 19.1 Å². The van der Waals surface area contributed by atoms with Gasteiger partial charge >= 0.3 is 0 Å². The minimum absolute atomic E-state index is 0.668. The Labute approximate surface area is 154 Å².